The van der Waals surface area contributed by atoms with Crippen molar-refractivity contribution in [2.45, 2.75) is 13.8 Å². The first-order valence-corrected chi connectivity index (χ1v) is 7.03. The quantitative estimate of drug-likeness (QED) is 0.385. The van der Waals surface area contributed by atoms with Gasteiger partial charge in [0.2, 0.25) is 0 Å². The van der Waals surface area contributed by atoms with Crippen LogP contribution >= 0.6 is 45.2 Å². The second kappa shape index (κ2) is 6.50. The second-order valence-electron chi connectivity index (χ2n) is 3.31. The summed E-state index contributed by atoms with van der Waals surface area (Å²) in [6, 6.07) is 1.74. The first kappa shape index (κ1) is 15.4. The number of esters is 2. The molecule has 0 aliphatic carbocycles. The Balaban J connectivity index is 3.42. The van der Waals surface area contributed by atoms with Crippen molar-refractivity contribution in [2.75, 3.05) is 0 Å². The lowest BCUT2D eigenvalue weighted by Gasteiger charge is -2.13. The highest BCUT2D eigenvalue weighted by Crippen LogP contribution is 2.38. The van der Waals surface area contributed by atoms with Crippen LogP contribution in [0.1, 0.15) is 19.4 Å². The summed E-state index contributed by atoms with van der Waals surface area (Å²) in [5.41, 5.74) is 0.676. The van der Waals surface area contributed by atoms with Crippen LogP contribution in [0.2, 0.25) is 0 Å². The van der Waals surface area contributed by atoms with Gasteiger partial charge in [-0.25, -0.2) is 0 Å². The monoisotopic (exact) mass is 472 g/mol. The number of carbonyl (C=O) groups is 2. The third-order valence-corrected chi connectivity index (χ3v) is 3.65. The molecule has 0 spiro atoms. The van der Waals surface area contributed by atoms with Crippen LogP contribution in [0.4, 0.5) is 0 Å². The van der Waals surface area contributed by atoms with Crippen molar-refractivity contribution in [1.82, 2.24) is 0 Å². The molecule has 0 unspecified atom stereocenters. The normalized spacial score (nSPS) is 9.78. The van der Waals surface area contributed by atoms with Gasteiger partial charge in [-0.1, -0.05) is 12.7 Å². The molecule has 0 aliphatic rings. The third-order valence-electron chi connectivity index (χ3n) is 1.87. The molecule has 4 nitrogen and oxygen atoms in total. The third kappa shape index (κ3) is 3.67. The smallest absolute Gasteiger partial charge is 0.308 e. The molecule has 0 amide bonds. The van der Waals surface area contributed by atoms with Crippen LogP contribution in [-0.2, 0) is 9.59 Å². The minimum atomic E-state index is -0.439. The summed E-state index contributed by atoms with van der Waals surface area (Å²) in [7, 11) is 0. The molecule has 0 fully saturated rings. The van der Waals surface area contributed by atoms with Crippen molar-refractivity contribution in [1.29, 1.82) is 0 Å². The topological polar surface area (TPSA) is 52.6 Å². The van der Waals surface area contributed by atoms with Gasteiger partial charge in [-0.2, -0.15) is 0 Å². The number of rotatable bonds is 3. The largest absolute Gasteiger partial charge is 0.425 e. The summed E-state index contributed by atoms with van der Waals surface area (Å²) in [6.07, 6.45) is 1.58. The van der Waals surface area contributed by atoms with Crippen molar-refractivity contribution in [3.63, 3.8) is 0 Å². The van der Waals surface area contributed by atoms with Crippen molar-refractivity contribution in [3.8, 4) is 11.5 Å². The zero-order chi connectivity index (χ0) is 13.9. The van der Waals surface area contributed by atoms with Gasteiger partial charge >= 0.3 is 11.9 Å². The average molecular weight is 472 g/mol. The number of carbonyl (C=O) groups excluding carboxylic acids is 2. The standard InChI is InChI=1S/C12H10I2O4/c1-4-8-5-9(13)12(18-7(3)16)10(14)11(8)17-6(2)15/h4-5H,1H2,2-3H3. The molecular weight excluding hydrogens is 462 g/mol. The number of ether oxygens (including phenoxy) is 2. The van der Waals surface area contributed by atoms with Crippen molar-refractivity contribution in [2.24, 2.45) is 0 Å². The lowest BCUT2D eigenvalue weighted by Crippen LogP contribution is -2.09. The second-order valence-corrected chi connectivity index (χ2v) is 5.55. The van der Waals surface area contributed by atoms with E-state index in [-0.39, 0.29) is 0 Å². The van der Waals surface area contributed by atoms with E-state index in [2.05, 4.69) is 6.58 Å². The summed E-state index contributed by atoms with van der Waals surface area (Å²) < 4.78 is 11.6. The van der Waals surface area contributed by atoms with Crippen LogP contribution in [-0.4, -0.2) is 11.9 Å². The summed E-state index contributed by atoms with van der Waals surface area (Å²) >= 11 is 4.02. The maximum atomic E-state index is 11.1. The van der Waals surface area contributed by atoms with E-state index >= 15 is 0 Å². The summed E-state index contributed by atoms with van der Waals surface area (Å²) in [5, 5.41) is 0. The maximum absolute atomic E-state index is 11.1. The van der Waals surface area contributed by atoms with Gasteiger partial charge in [0.25, 0.3) is 0 Å². The van der Waals surface area contributed by atoms with Crippen LogP contribution in [0.5, 0.6) is 11.5 Å². The van der Waals surface area contributed by atoms with Gasteiger partial charge in [-0.05, 0) is 51.2 Å². The van der Waals surface area contributed by atoms with Crippen LogP contribution in [0.3, 0.4) is 0 Å². The molecule has 0 N–H and O–H groups in total. The molecule has 1 rings (SSSR count). The molecule has 0 atom stereocenters. The van der Waals surface area contributed by atoms with Gasteiger partial charge in [0, 0.05) is 19.4 Å². The van der Waals surface area contributed by atoms with Crippen LogP contribution in [0.25, 0.3) is 6.08 Å². The predicted molar refractivity (Wildman–Crippen MR) is 84.6 cm³/mol. The van der Waals surface area contributed by atoms with E-state index in [1.165, 1.54) is 13.8 Å². The fourth-order valence-corrected chi connectivity index (χ4v) is 3.29. The Hall–Kier alpha value is -0.640. The lowest BCUT2D eigenvalue weighted by molar-refractivity contribution is -0.132. The summed E-state index contributed by atoms with van der Waals surface area (Å²) in [4.78, 5) is 22.1. The highest BCUT2D eigenvalue weighted by molar-refractivity contribution is 14.1. The van der Waals surface area contributed by atoms with Crippen molar-refractivity contribution in [3.05, 3.63) is 25.3 Å². The Morgan fingerprint density at radius 3 is 2.11 bits per heavy atom. The zero-order valence-electron chi connectivity index (χ0n) is 9.75. The first-order chi connectivity index (χ1) is 8.36. The molecule has 0 aromatic heterocycles. The molecule has 96 valence electrons. The van der Waals surface area contributed by atoms with E-state index in [0.29, 0.717) is 20.6 Å². The van der Waals surface area contributed by atoms with Crippen molar-refractivity contribution < 1.29 is 19.1 Å². The van der Waals surface area contributed by atoms with Gasteiger partial charge in [0.05, 0.1) is 3.57 Å². The lowest BCUT2D eigenvalue weighted by atomic mass is 10.2. The van der Waals surface area contributed by atoms with Gasteiger partial charge in [-0.15, -0.1) is 0 Å². The number of halogens is 2. The van der Waals surface area contributed by atoms with Crippen LogP contribution < -0.4 is 9.47 Å². The molecule has 6 heteroatoms. The van der Waals surface area contributed by atoms with Gasteiger partial charge in [0.1, 0.15) is 3.57 Å². The summed E-state index contributed by atoms with van der Waals surface area (Å²) in [5.74, 6) is -0.114. The van der Waals surface area contributed by atoms with E-state index in [0.717, 1.165) is 3.57 Å². The molecule has 0 radical (unpaired) electrons. The highest BCUT2D eigenvalue weighted by Gasteiger charge is 2.19. The fourth-order valence-electron chi connectivity index (χ4n) is 1.24. The van der Waals surface area contributed by atoms with Gasteiger partial charge < -0.3 is 9.47 Å². The first-order valence-electron chi connectivity index (χ1n) is 4.88. The molecular formula is C12H10I2O4. The SMILES string of the molecule is C=Cc1cc(I)c(OC(C)=O)c(I)c1OC(C)=O. The Morgan fingerprint density at radius 1 is 1.17 bits per heavy atom. The molecule has 1 aromatic carbocycles. The van der Waals surface area contributed by atoms with Crippen LogP contribution in [0, 0.1) is 7.14 Å². The Morgan fingerprint density at radius 2 is 1.67 bits per heavy atom. The fraction of sp³-hybridized carbons (Fsp3) is 0.167. The maximum Gasteiger partial charge on any atom is 0.308 e. The van der Waals surface area contributed by atoms with E-state index in [1.807, 2.05) is 45.2 Å². The molecule has 0 saturated carbocycles. The minimum absolute atomic E-state index is 0.356. The van der Waals surface area contributed by atoms with Gasteiger partial charge in [-0.3, -0.25) is 9.59 Å². The average Bonchev–Trinajstić information content (AvgIpc) is 2.27. The molecule has 0 aliphatic heterocycles. The predicted octanol–water partition coefficient (Wildman–Crippen LogP) is 3.39. The van der Waals surface area contributed by atoms with Crippen molar-refractivity contribution >= 4 is 63.2 Å². The molecule has 0 saturated heterocycles. The Labute approximate surface area is 132 Å². The molecule has 18 heavy (non-hydrogen) atoms. The van der Waals surface area contributed by atoms with E-state index in [9.17, 15) is 9.59 Å². The molecule has 0 heterocycles. The molecule has 0 bridgehead atoms. The van der Waals surface area contributed by atoms with E-state index < -0.39 is 11.9 Å². The Kier molecular flexibility index (Phi) is 5.57. The number of hydrogen-bond donors (Lipinski definition) is 0. The summed E-state index contributed by atoms with van der Waals surface area (Å²) in [6.45, 7) is 6.30. The van der Waals surface area contributed by atoms with Crippen LogP contribution in [0.15, 0.2) is 12.6 Å². The number of benzene rings is 1. The Bertz CT molecular complexity index is 523. The van der Waals surface area contributed by atoms with Gasteiger partial charge in [0.15, 0.2) is 11.5 Å². The number of hydrogen-bond acceptors (Lipinski definition) is 4. The van der Waals surface area contributed by atoms with E-state index in [4.69, 9.17) is 9.47 Å². The highest BCUT2D eigenvalue weighted by atomic mass is 127. The minimum Gasteiger partial charge on any atom is -0.425 e. The zero-order valence-corrected chi connectivity index (χ0v) is 14.1. The molecule has 1 aromatic rings. The van der Waals surface area contributed by atoms with E-state index in [1.54, 1.807) is 12.1 Å².